The van der Waals surface area contributed by atoms with E-state index in [1.807, 2.05) is 26.0 Å². The molecule has 0 N–H and O–H groups in total. The summed E-state index contributed by atoms with van der Waals surface area (Å²) in [5.74, 6) is 0.494. The second kappa shape index (κ2) is 4.96. The Balaban J connectivity index is 2.02. The Labute approximate surface area is 127 Å². The molecule has 4 heteroatoms. The predicted molar refractivity (Wildman–Crippen MR) is 84.6 cm³/mol. The van der Waals surface area contributed by atoms with Crippen molar-refractivity contribution in [2.45, 2.75) is 50.0 Å². The van der Waals surface area contributed by atoms with E-state index >= 15 is 0 Å². The quantitative estimate of drug-likeness (QED) is 0.784. The second-order valence-electron chi connectivity index (χ2n) is 6.57. The fourth-order valence-corrected chi connectivity index (χ4v) is 5.63. The standard InChI is InChI=1S/C17H23NO2S/c1-13-6-8-16(9-7-13)21(19,20)18-12-10-15-5-4-11-17(18,3)14(15)2/h6-9,15H,2,4-5,10-12H2,1,3H3/t15-,17-/m0/s1. The molecule has 3 rings (SSSR count). The highest BCUT2D eigenvalue weighted by Crippen LogP contribution is 2.47. The normalized spacial score (nSPS) is 30.4. The molecule has 21 heavy (non-hydrogen) atoms. The van der Waals surface area contributed by atoms with Crippen molar-refractivity contribution in [1.29, 1.82) is 0 Å². The molecule has 0 radical (unpaired) electrons. The summed E-state index contributed by atoms with van der Waals surface area (Å²) in [4.78, 5) is 0.395. The van der Waals surface area contributed by atoms with Crippen molar-refractivity contribution in [2.75, 3.05) is 6.54 Å². The molecule has 0 amide bonds. The van der Waals surface area contributed by atoms with E-state index in [9.17, 15) is 8.42 Å². The average Bonchev–Trinajstić information content (AvgIpc) is 2.41. The van der Waals surface area contributed by atoms with Crippen molar-refractivity contribution in [3.63, 3.8) is 0 Å². The average molecular weight is 305 g/mol. The van der Waals surface area contributed by atoms with Crippen LogP contribution in [0.3, 0.4) is 0 Å². The molecule has 0 spiro atoms. The molecule has 3 nitrogen and oxygen atoms in total. The van der Waals surface area contributed by atoms with E-state index in [1.54, 1.807) is 16.4 Å². The number of hydrogen-bond donors (Lipinski definition) is 0. The van der Waals surface area contributed by atoms with Gasteiger partial charge in [0.1, 0.15) is 0 Å². The van der Waals surface area contributed by atoms with Crippen LogP contribution < -0.4 is 0 Å². The molecule has 114 valence electrons. The van der Waals surface area contributed by atoms with Crippen LogP contribution in [0, 0.1) is 12.8 Å². The Hall–Kier alpha value is -1.13. The number of hydrogen-bond acceptors (Lipinski definition) is 2. The lowest BCUT2D eigenvalue weighted by molar-refractivity contribution is 0.130. The summed E-state index contributed by atoms with van der Waals surface area (Å²) in [6.07, 6.45) is 4.03. The maximum absolute atomic E-state index is 13.0. The lowest BCUT2D eigenvalue weighted by Gasteiger charge is -2.51. The minimum atomic E-state index is -3.45. The van der Waals surface area contributed by atoms with E-state index in [4.69, 9.17) is 0 Å². The van der Waals surface area contributed by atoms with E-state index in [0.717, 1.165) is 36.8 Å². The van der Waals surface area contributed by atoms with Crippen molar-refractivity contribution < 1.29 is 8.42 Å². The van der Waals surface area contributed by atoms with Gasteiger partial charge in [-0.2, -0.15) is 4.31 Å². The Morgan fingerprint density at radius 2 is 1.90 bits per heavy atom. The first kappa shape index (κ1) is 14.8. The first-order chi connectivity index (χ1) is 9.85. The minimum Gasteiger partial charge on any atom is -0.207 e. The van der Waals surface area contributed by atoms with Crippen LogP contribution in [0.4, 0.5) is 0 Å². The molecule has 0 aromatic heterocycles. The van der Waals surface area contributed by atoms with Gasteiger partial charge in [0.05, 0.1) is 10.4 Å². The fourth-order valence-electron chi connectivity index (χ4n) is 3.81. The second-order valence-corrected chi connectivity index (χ2v) is 8.43. The number of piperidine rings is 1. The van der Waals surface area contributed by atoms with Gasteiger partial charge in [-0.05, 0) is 51.2 Å². The van der Waals surface area contributed by atoms with Gasteiger partial charge in [0.15, 0.2) is 0 Å². The monoisotopic (exact) mass is 305 g/mol. The molecule has 1 saturated heterocycles. The van der Waals surface area contributed by atoms with Gasteiger partial charge in [0, 0.05) is 6.54 Å². The number of fused-ring (bicyclic) bond motifs is 2. The number of aryl methyl sites for hydroxylation is 1. The first-order valence-electron chi connectivity index (χ1n) is 7.64. The maximum Gasteiger partial charge on any atom is 0.243 e. The highest BCUT2D eigenvalue weighted by atomic mass is 32.2. The summed E-state index contributed by atoms with van der Waals surface area (Å²) >= 11 is 0. The van der Waals surface area contributed by atoms with Crippen LogP contribution >= 0.6 is 0 Å². The summed E-state index contributed by atoms with van der Waals surface area (Å²) < 4.78 is 27.8. The molecule has 1 saturated carbocycles. The molecule has 1 aromatic rings. The Morgan fingerprint density at radius 3 is 2.57 bits per heavy atom. The molecule has 2 fully saturated rings. The Kier molecular flexibility index (Phi) is 3.49. The van der Waals surface area contributed by atoms with Crippen LogP contribution in [-0.2, 0) is 10.0 Å². The zero-order valence-corrected chi connectivity index (χ0v) is 13.6. The Morgan fingerprint density at radius 1 is 1.24 bits per heavy atom. The largest absolute Gasteiger partial charge is 0.243 e. The van der Waals surface area contributed by atoms with Gasteiger partial charge in [-0.25, -0.2) is 8.42 Å². The SMILES string of the molecule is C=C1[C@H]2CCC[C@]1(C)N(S(=O)(=O)c1ccc(C)cc1)CC2. The van der Waals surface area contributed by atoms with Crippen LogP contribution in [-0.4, -0.2) is 24.8 Å². The number of nitrogens with zero attached hydrogens (tertiary/aromatic N) is 1. The van der Waals surface area contributed by atoms with Gasteiger partial charge in [-0.1, -0.05) is 36.3 Å². The number of sulfonamides is 1. The zero-order chi connectivity index (χ0) is 15.3. The third kappa shape index (κ3) is 2.25. The molecule has 1 aliphatic carbocycles. The molecular formula is C17H23NO2S. The molecule has 2 atom stereocenters. The molecule has 1 heterocycles. The van der Waals surface area contributed by atoms with Crippen molar-refractivity contribution >= 4 is 10.0 Å². The van der Waals surface area contributed by atoms with Crippen LogP contribution in [0.2, 0.25) is 0 Å². The van der Waals surface area contributed by atoms with E-state index < -0.39 is 15.6 Å². The third-order valence-corrected chi connectivity index (χ3v) is 7.27. The predicted octanol–water partition coefficient (Wildman–Crippen LogP) is 3.50. The summed E-state index contributed by atoms with van der Waals surface area (Å²) in [6.45, 7) is 8.86. The summed E-state index contributed by atoms with van der Waals surface area (Å²) in [5, 5.41) is 0. The first-order valence-corrected chi connectivity index (χ1v) is 9.08. The van der Waals surface area contributed by atoms with Gasteiger partial charge in [0.25, 0.3) is 0 Å². The molecule has 0 unspecified atom stereocenters. The van der Waals surface area contributed by atoms with E-state index in [-0.39, 0.29) is 0 Å². The van der Waals surface area contributed by atoms with Crippen LogP contribution in [0.1, 0.15) is 38.2 Å². The smallest absolute Gasteiger partial charge is 0.207 e. The van der Waals surface area contributed by atoms with Crippen molar-refractivity contribution in [1.82, 2.24) is 4.31 Å². The van der Waals surface area contributed by atoms with Crippen molar-refractivity contribution in [2.24, 2.45) is 5.92 Å². The molecule has 1 aromatic carbocycles. The zero-order valence-electron chi connectivity index (χ0n) is 12.8. The number of benzene rings is 1. The van der Waals surface area contributed by atoms with E-state index in [2.05, 4.69) is 6.58 Å². The Bertz CT molecular complexity index is 663. The molecular weight excluding hydrogens is 282 g/mol. The van der Waals surface area contributed by atoms with Crippen molar-refractivity contribution in [3.05, 3.63) is 42.0 Å². The molecule has 1 aliphatic heterocycles. The lowest BCUT2D eigenvalue weighted by Crippen LogP contribution is -2.57. The topological polar surface area (TPSA) is 37.4 Å². The van der Waals surface area contributed by atoms with Crippen LogP contribution in [0.25, 0.3) is 0 Å². The van der Waals surface area contributed by atoms with Gasteiger partial charge < -0.3 is 0 Å². The fraction of sp³-hybridized carbons (Fsp3) is 0.529. The van der Waals surface area contributed by atoms with E-state index in [0.29, 0.717) is 17.4 Å². The highest BCUT2D eigenvalue weighted by Gasteiger charge is 2.49. The number of rotatable bonds is 2. The van der Waals surface area contributed by atoms with Crippen molar-refractivity contribution in [3.8, 4) is 0 Å². The lowest BCUT2D eigenvalue weighted by atomic mass is 9.69. The summed E-state index contributed by atoms with van der Waals surface area (Å²) in [6, 6.07) is 7.15. The van der Waals surface area contributed by atoms with Gasteiger partial charge in [-0.15, -0.1) is 0 Å². The van der Waals surface area contributed by atoms with E-state index in [1.165, 1.54) is 0 Å². The summed E-state index contributed by atoms with van der Waals surface area (Å²) in [7, 11) is -3.45. The maximum atomic E-state index is 13.0. The van der Waals surface area contributed by atoms with Gasteiger partial charge >= 0.3 is 0 Å². The molecule has 2 aliphatic rings. The minimum absolute atomic E-state index is 0.395. The van der Waals surface area contributed by atoms with Crippen LogP contribution in [0.15, 0.2) is 41.3 Å². The highest BCUT2D eigenvalue weighted by molar-refractivity contribution is 7.89. The molecule has 2 bridgehead atoms. The van der Waals surface area contributed by atoms with Crippen LogP contribution in [0.5, 0.6) is 0 Å². The van der Waals surface area contributed by atoms with Gasteiger partial charge in [-0.3, -0.25) is 0 Å². The third-order valence-electron chi connectivity index (χ3n) is 5.24. The summed E-state index contributed by atoms with van der Waals surface area (Å²) in [5.41, 5.74) is 1.77. The van der Waals surface area contributed by atoms with Gasteiger partial charge in [0.2, 0.25) is 10.0 Å².